The molecule has 1 N–H and O–H groups in total. The molecular weight excluding hydrogens is 304 g/mol. The van der Waals surface area contributed by atoms with Crippen molar-refractivity contribution < 1.29 is 0 Å². The van der Waals surface area contributed by atoms with Crippen LogP contribution in [0.1, 0.15) is 25.0 Å². The molecule has 24 heavy (non-hydrogen) atoms. The fourth-order valence-corrected chi connectivity index (χ4v) is 3.28. The quantitative estimate of drug-likeness (QED) is 0.745. The minimum absolute atomic E-state index is 0.278. The minimum Gasteiger partial charge on any atom is -0.281 e. The molecule has 0 fully saturated rings. The largest absolute Gasteiger partial charge is 0.329 e. The zero-order chi connectivity index (χ0) is 17.1. The topological polar surface area (TPSA) is 80.1 Å². The van der Waals surface area contributed by atoms with Crippen molar-refractivity contribution >= 4 is 22.4 Å². The number of nitrogens with zero attached hydrogens (tertiary/aromatic N) is 3. The van der Waals surface area contributed by atoms with Crippen LogP contribution < -0.4 is 11.2 Å². The number of rotatable bonds is 1. The van der Waals surface area contributed by atoms with E-state index in [9.17, 15) is 9.59 Å². The lowest BCUT2D eigenvalue weighted by Gasteiger charge is -2.22. The number of para-hydroxylation sites is 1. The van der Waals surface area contributed by atoms with Gasteiger partial charge in [-0.25, -0.2) is 9.78 Å². The number of fused-ring (bicyclic) bond motifs is 2. The predicted molar refractivity (Wildman–Crippen MR) is 93.3 cm³/mol. The van der Waals surface area contributed by atoms with E-state index in [1.165, 1.54) is 4.57 Å². The van der Waals surface area contributed by atoms with Crippen molar-refractivity contribution in [3.8, 4) is 0 Å². The van der Waals surface area contributed by atoms with Gasteiger partial charge in [0.2, 0.25) is 0 Å². The van der Waals surface area contributed by atoms with Gasteiger partial charge in [-0.05, 0) is 17.7 Å². The maximum absolute atomic E-state index is 12.1. The van der Waals surface area contributed by atoms with E-state index in [1.807, 2.05) is 18.2 Å². The Balaban J connectivity index is 1.96. The van der Waals surface area contributed by atoms with E-state index >= 15 is 0 Å². The number of hydrogen-bond donors (Lipinski definition) is 1. The molecule has 2 aromatic heterocycles. The molecule has 0 spiro atoms. The summed E-state index contributed by atoms with van der Waals surface area (Å²) in [5.74, 6) is 0. The number of benzene rings is 1. The van der Waals surface area contributed by atoms with Crippen LogP contribution in [0.15, 0.2) is 51.1 Å². The lowest BCUT2D eigenvalue weighted by Crippen LogP contribution is -2.30. The van der Waals surface area contributed by atoms with E-state index in [2.05, 4.69) is 29.9 Å². The Labute approximate surface area is 137 Å². The monoisotopic (exact) mass is 320 g/mol. The van der Waals surface area contributed by atoms with E-state index in [-0.39, 0.29) is 5.41 Å². The SMILES string of the molecule is Cn1c(=O)[nH]c(=O)c2cc(C3=Nc4ccccc4C3(C)C)cnc21. The lowest BCUT2D eigenvalue weighted by atomic mass is 9.79. The summed E-state index contributed by atoms with van der Waals surface area (Å²) in [7, 11) is 1.58. The summed E-state index contributed by atoms with van der Waals surface area (Å²) in [5, 5.41) is 0.379. The number of hydrogen-bond acceptors (Lipinski definition) is 4. The molecule has 0 saturated heterocycles. The molecule has 0 atom stereocenters. The highest BCUT2D eigenvalue weighted by Crippen LogP contribution is 2.41. The molecule has 4 rings (SSSR count). The normalized spacial score (nSPS) is 15.4. The van der Waals surface area contributed by atoms with Gasteiger partial charge in [0.15, 0.2) is 0 Å². The number of aromatic nitrogens is 3. The summed E-state index contributed by atoms with van der Waals surface area (Å²) in [6.45, 7) is 4.21. The van der Waals surface area contributed by atoms with Crippen LogP contribution in [0, 0.1) is 0 Å². The molecule has 6 heteroatoms. The summed E-state index contributed by atoms with van der Waals surface area (Å²) >= 11 is 0. The van der Waals surface area contributed by atoms with E-state index in [4.69, 9.17) is 4.99 Å². The molecule has 1 aromatic carbocycles. The molecule has 0 aliphatic carbocycles. The second-order valence-corrected chi connectivity index (χ2v) is 6.52. The summed E-state index contributed by atoms with van der Waals surface area (Å²) in [5.41, 5.74) is 2.91. The van der Waals surface area contributed by atoms with Gasteiger partial charge in [-0.3, -0.25) is 19.3 Å². The van der Waals surface area contributed by atoms with E-state index < -0.39 is 11.2 Å². The van der Waals surface area contributed by atoms with Crippen molar-refractivity contribution in [2.24, 2.45) is 12.0 Å². The van der Waals surface area contributed by atoms with Gasteiger partial charge in [0.05, 0.1) is 16.8 Å². The molecule has 0 amide bonds. The van der Waals surface area contributed by atoms with E-state index in [1.54, 1.807) is 19.3 Å². The Morgan fingerprint density at radius 3 is 2.67 bits per heavy atom. The highest BCUT2D eigenvalue weighted by atomic mass is 16.2. The van der Waals surface area contributed by atoms with Gasteiger partial charge in [0.1, 0.15) is 5.65 Å². The number of aryl methyl sites for hydroxylation is 1. The highest BCUT2D eigenvalue weighted by molar-refractivity contribution is 6.13. The molecule has 0 bridgehead atoms. The second kappa shape index (κ2) is 4.74. The molecule has 3 heterocycles. The Bertz CT molecular complexity index is 1140. The number of aromatic amines is 1. The molecule has 1 aliphatic rings. The maximum Gasteiger partial charge on any atom is 0.329 e. The number of nitrogens with one attached hydrogen (secondary N) is 1. The lowest BCUT2D eigenvalue weighted by molar-refractivity contribution is 0.737. The molecule has 120 valence electrons. The Kier molecular flexibility index (Phi) is 2.87. The van der Waals surface area contributed by atoms with Crippen molar-refractivity contribution in [1.29, 1.82) is 0 Å². The molecule has 6 nitrogen and oxygen atoms in total. The van der Waals surface area contributed by atoms with Gasteiger partial charge in [-0.2, -0.15) is 0 Å². The van der Waals surface area contributed by atoms with Gasteiger partial charge < -0.3 is 0 Å². The van der Waals surface area contributed by atoms with Crippen LogP contribution in [-0.2, 0) is 12.5 Å². The first-order chi connectivity index (χ1) is 11.4. The number of aliphatic imine (C=N–C) groups is 1. The minimum atomic E-state index is -0.473. The van der Waals surface area contributed by atoms with Gasteiger partial charge in [-0.1, -0.05) is 32.0 Å². The Hall–Kier alpha value is -3.02. The average molecular weight is 320 g/mol. The van der Waals surface area contributed by atoms with Crippen molar-refractivity contribution in [1.82, 2.24) is 14.5 Å². The third-order valence-corrected chi connectivity index (χ3v) is 4.63. The molecule has 0 saturated carbocycles. The van der Waals surface area contributed by atoms with Crippen LogP contribution in [0.4, 0.5) is 5.69 Å². The van der Waals surface area contributed by atoms with Gasteiger partial charge in [-0.15, -0.1) is 0 Å². The van der Waals surface area contributed by atoms with Crippen LogP contribution in [0.5, 0.6) is 0 Å². The molecular formula is C18H16N4O2. The first kappa shape index (κ1) is 14.6. The predicted octanol–water partition coefficient (Wildman–Crippen LogP) is 2.03. The Morgan fingerprint density at radius 1 is 1.17 bits per heavy atom. The number of H-pyrrole nitrogens is 1. The zero-order valence-electron chi connectivity index (χ0n) is 13.6. The van der Waals surface area contributed by atoms with Crippen LogP contribution in [0.25, 0.3) is 11.0 Å². The van der Waals surface area contributed by atoms with E-state index in [0.29, 0.717) is 11.0 Å². The molecule has 0 radical (unpaired) electrons. The van der Waals surface area contributed by atoms with Gasteiger partial charge >= 0.3 is 5.69 Å². The summed E-state index contributed by atoms with van der Waals surface area (Å²) < 4.78 is 1.33. The molecule has 3 aromatic rings. The van der Waals surface area contributed by atoms with E-state index in [0.717, 1.165) is 22.5 Å². The molecule has 0 unspecified atom stereocenters. The fourth-order valence-electron chi connectivity index (χ4n) is 3.28. The third-order valence-electron chi connectivity index (χ3n) is 4.63. The molecule has 1 aliphatic heterocycles. The standard InChI is InChI=1S/C18H16N4O2/c1-18(2)12-6-4-5-7-13(12)20-14(18)10-8-11-15(19-9-10)22(3)17(24)21-16(11)23/h4-9H,1-3H3,(H,21,23,24). The highest BCUT2D eigenvalue weighted by Gasteiger charge is 2.35. The van der Waals surface area contributed by atoms with Crippen LogP contribution >= 0.6 is 0 Å². The summed E-state index contributed by atoms with van der Waals surface area (Å²) in [6.07, 6.45) is 1.67. The summed E-state index contributed by atoms with van der Waals surface area (Å²) in [6, 6.07) is 9.76. The van der Waals surface area contributed by atoms with Crippen molar-refractivity contribution in [3.05, 3.63) is 68.5 Å². The van der Waals surface area contributed by atoms with Crippen molar-refractivity contribution in [2.75, 3.05) is 0 Å². The van der Waals surface area contributed by atoms with Crippen molar-refractivity contribution in [2.45, 2.75) is 19.3 Å². The van der Waals surface area contributed by atoms with Crippen LogP contribution in [0.3, 0.4) is 0 Å². The average Bonchev–Trinajstić information content (AvgIpc) is 2.84. The van der Waals surface area contributed by atoms with Gasteiger partial charge in [0.25, 0.3) is 5.56 Å². The maximum atomic E-state index is 12.1. The Morgan fingerprint density at radius 2 is 1.92 bits per heavy atom. The smallest absolute Gasteiger partial charge is 0.281 e. The number of pyridine rings is 1. The zero-order valence-corrected chi connectivity index (χ0v) is 13.6. The first-order valence-corrected chi connectivity index (χ1v) is 7.68. The van der Waals surface area contributed by atoms with Crippen LogP contribution in [-0.4, -0.2) is 20.2 Å². The first-order valence-electron chi connectivity index (χ1n) is 7.68. The third kappa shape index (κ3) is 1.89. The summed E-state index contributed by atoms with van der Waals surface area (Å²) in [4.78, 5) is 35.2. The van der Waals surface area contributed by atoms with Crippen LogP contribution in [0.2, 0.25) is 0 Å². The second-order valence-electron chi connectivity index (χ2n) is 6.52. The van der Waals surface area contributed by atoms with Crippen molar-refractivity contribution in [3.63, 3.8) is 0 Å². The van der Waals surface area contributed by atoms with Gasteiger partial charge in [0, 0.05) is 24.2 Å². The fraction of sp³-hybridized carbons (Fsp3) is 0.222.